The maximum absolute atomic E-state index is 8.82. The van der Waals surface area contributed by atoms with Gasteiger partial charge < -0.3 is 4.42 Å². The van der Waals surface area contributed by atoms with Crippen LogP contribution < -0.4 is 5.43 Å². The van der Waals surface area contributed by atoms with E-state index in [4.69, 9.17) is 32.9 Å². The molecule has 0 unspecified atom stereocenters. The Hall–Kier alpha value is -2.03. The number of hydrogen-bond donors (Lipinski definition) is 1. The van der Waals surface area contributed by atoms with Crippen LogP contribution in [-0.4, -0.2) is 11.2 Å². The van der Waals surface area contributed by atoms with Crippen molar-refractivity contribution < 1.29 is 4.42 Å². The lowest BCUT2D eigenvalue weighted by atomic mass is 10.2. The SMILES string of the molecule is Cc1nc(C#N)c(NN=Cc2ccc(Cl)cc2Cl)o1. The van der Waals surface area contributed by atoms with Gasteiger partial charge in [-0.15, -0.1) is 0 Å². The van der Waals surface area contributed by atoms with E-state index in [1.165, 1.54) is 6.21 Å². The van der Waals surface area contributed by atoms with Crippen molar-refractivity contribution in [1.82, 2.24) is 4.98 Å². The quantitative estimate of drug-likeness (QED) is 0.693. The zero-order chi connectivity index (χ0) is 13.8. The molecule has 0 aliphatic rings. The first-order valence-electron chi connectivity index (χ1n) is 5.22. The number of oxazole rings is 1. The fraction of sp³-hybridized carbons (Fsp3) is 0.0833. The summed E-state index contributed by atoms with van der Waals surface area (Å²) in [4.78, 5) is 3.88. The Morgan fingerprint density at radius 1 is 1.47 bits per heavy atom. The van der Waals surface area contributed by atoms with Gasteiger partial charge in [0, 0.05) is 17.5 Å². The first-order valence-corrected chi connectivity index (χ1v) is 5.97. The van der Waals surface area contributed by atoms with E-state index >= 15 is 0 Å². The predicted octanol–water partition coefficient (Wildman–Crippen LogP) is 3.61. The van der Waals surface area contributed by atoms with Crippen molar-refractivity contribution >= 4 is 35.3 Å². The molecule has 0 amide bonds. The standard InChI is InChI=1S/C12H8Cl2N4O/c1-7-17-11(5-15)12(19-7)18-16-6-8-2-3-9(13)4-10(8)14/h2-4,6,18H,1H3. The van der Waals surface area contributed by atoms with Crippen molar-refractivity contribution in [1.29, 1.82) is 5.26 Å². The molecular weight excluding hydrogens is 287 g/mol. The summed E-state index contributed by atoms with van der Waals surface area (Å²) in [5.74, 6) is 0.583. The summed E-state index contributed by atoms with van der Waals surface area (Å²) < 4.78 is 5.18. The van der Waals surface area contributed by atoms with Crippen LogP contribution in [0.3, 0.4) is 0 Å². The number of anilines is 1. The number of hydrogen-bond acceptors (Lipinski definition) is 5. The van der Waals surface area contributed by atoms with Gasteiger partial charge in [0.1, 0.15) is 6.07 Å². The van der Waals surface area contributed by atoms with Gasteiger partial charge in [-0.05, 0) is 12.1 Å². The Bertz CT molecular complexity index is 673. The Morgan fingerprint density at radius 3 is 2.95 bits per heavy atom. The van der Waals surface area contributed by atoms with Crippen molar-refractivity contribution in [2.24, 2.45) is 5.10 Å². The van der Waals surface area contributed by atoms with Gasteiger partial charge in [0.25, 0.3) is 5.88 Å². The molecule has 0 radical (unpaired) electrons. The van der Waals surface area contributed by atoms with Crippen molar-refractivity contribution in [3.8, 4) is 6.07 Å². The Kier molecular flexibility index (Phi) is 4.05. The largest absolute Gasteiger partial charge is 0.422 e. The van der Waals surface area contributed by atoms with Gasteiger partial charge in [-0.25, -0.2) is 10.4 Å². The van der Waals surface area contributed by atoms with Gasteiger partial charge in [0.05, 0.1) is 11.2 Å². The van der Waals surface area contributed by atoms with Gasteiger partial charge in [-0.3, -0.25) is 0 Å². The molecule has 96 valence electrons. The van der Waals surface area contributed by atoms with Crippen LogP contribution in [0.4, 0.5) is 5.88 Å². The Morgan fingerprint density at radius 2 is 2.26 bits per heavy atom. The number of benzene rings is 1. The fourth-order valence-electron chi connectivity index (χ4n) is 1.35. The molecule has 0 saturated carbocycles. The van der Waals surface area contributed by atoms with Gasteiger partial charge in [0.15, 0.2) is 5.89 Å². The highest BCUT2D eigenvalue weighted by atomic mass is 35.5. The topological polar surface area (TPSA) is 74.2 Å². The lowest BCUT2D eigenvalue weighted by Gasteiger charge is -1.98. The molecule has 1 heterocycles. The monoisotopic (exact) mass is 294 g/mol. The highest BCUT2D eigenvalue weighted by Crippen LogP contribution is 2.20. The van der Waals surface area contributed by atoms with Crippen molar-refractivity contribution in [2.45, 2.75) is 6.92 Å². The molecule has 0 atom stereocenters. The normalized spacial score (nSPS) is 10.6. The number of hydrazone groups is 1. The molecule has 2 rings (SSSR count). The molecule has 1 aromatic carbocycles. The number of nitriles is 1. The van der Waals surface area contributed by atoms with Gasteiger partial charge >= 0.3 is 0 Å². The summed E-state index contributed by atoms with van der Waals surface area (Å²) in [7, 11) is 0. The van der Waals surface area contributed by atoms with Crippen LogP contribution in [0.15, 0.2) is 27.7 Å². The van der Waals surface area contributed by atoms with Crippen LogP contribution in [0.2, 0.25) is 10.0 Å². The van der Waals surface area contributed by atoms with Crippen molar-refractivity contribution in [2.75, 3.05) is 5.43 Å². The van der Waals surface area contributed by atoms with Crippen LogP contribution >= 0.6 is 23.2 Å². The number of aryl methyl sites for hydroxylation is 1. The summed E-state index contributed by atoms with van der Waals surface area (Å²) in [6.07, 6.45) is 1.50. The number of aromatic nitrogens is 1. The number of halogens is 2. The lowest BCUT2D eigenvalue weighted by Crippen LogP contribution is -1.92. The zero-order valence-electron chi connectivity index (χ0n) is 9.82. The van der Waals surface area contributed by atoms with Crippen LogP contribution in [0, 0.1) is 18.3 Å². The second-order valence-corrected chi connectivity index (χ2v) is 4.40. The molecule has 0 aliphatic heterocycles. The molecule has 0 spiro atoms. The summed E-state index contributed by atoms with van der Waals surface area (Å²) in [5, 5.41) is 13.8. The van der Waals surface area contributed by atoms with E-state index in [0.29, 0.717) is 21.5 Å². The number of nitrogens with one attached hydrogen (secondary N) is 1. The molecule has 19 heavy (non-hydrogen) atoms. The molecule has 1 N–H and O–H groups in total. The average molecular weight is 295 g/mol. The third kappa shape index (κ3) is 3.25. The zero-order valence-corrected chi connectivity index (χ0v) is 11.3. The summed E-state index contributed by atoms with van der Waals surface area (Å²) >= 11 is 11.8. The third-order valence-electron chi connectivity index (χ3n) is 2.17. The number of nitrogens with zero attached hydrogens (tertiary/aromatic N) is 3. The molecule has 1 aromatic heterocycles. The Labute approximate surface area is 119 Å². The van der Waals surface area contributed by atoms with E-state index in [9.17, 15) is 0 Å². The first-order chi connectivity index (χ1) is 9.10. The third-order valence-corrected chi connectivity index (χ3v) is 2.73. The second-order valence-electron chi connectivity index (χ2n) is 3.56. The van der Waals surface area contributed by atoms with Crippen LogP contribution in [0.5, 0.6) is 0 Å². The minimum absolute atomic E-state index is 0.150. The van der Waals surface area contributed by atoms with Gasteiger partial charge in [0.2, 0.25) is 5.69 Å². The number of rotatable bonds is 3. The van der Waals surface area contributed by atoms with E-state index in [1.54, 1.807) is 25.1 Å². The molecule has 2 aromatic rings. The minimum atomic E-state index is 0.150. The molecule has 5 nitrogen and oxygen atoms in total. The van der Waals surface area contributed by atoms with E-state index < -0.39 is 0 Å². The van der Waals surface area contributed by atoms with E-state index in [1.807, 2.05) is 6.07 Å². The van der Waals surface area contributed by atoms with E-state index in [0.717, 1.165) is 0 Å². The molecule has 0 fully saturated rings. The predicted molar refractivity (Wildman–Crippen MR) is 73.6 cm³/mol. The molecule has 0 aliphatic carbocycles. The Balaban J connectivity index is 2.14. The maximum Gasteiger partial charge on any atom is 0.252 e. The molecule has 0 saturated heterocycles. The molecule has 7 heteroatoms. The smallest absolute Gasteiger partial charge is 0.252 e. The van der Waals surface area contributed by atoms with Crippen molar-refractivity contribution in [3.05, 3.63) is 45.4 Å². The summed E-state index contributed by atoms with van der Waals surface area (Å²) in [5.41, 5.74) is 3.44. The molecule has 0 bridgehead atoms. The molecular formula is C12H8Cl2N4O. The highest BCUT2D eigenvalue weighted by molar-refractivity contribution is 6.36. The van der Waals surface area contributed by atoms with E-state index in [-0.39, 0.29) is 11.6 Å². The highest BCUT2D eigenvalue weighted by Gasteiger charge is 2.08. The first kappa shape index (κ1) is 13.4. The lowest BCUT2D eigenvalue weighted by molar-refractivity contribution is 0.533. The van der Waals surface area contributed by atoms with Gasteiger partial charge in [-0.2, -0.15) is 10.4 Å². The van der Waals surface area contributed by atoms with Crippen LogP contribution in [0.1, 0.15) is 17.1 Å². The van der Waals surface area contributed by atoms with Crippen molar-refractivity contribution in [3.63, 3.8) is 0 Å². The summed E-state index contributed by atoms with van der Waals surface area (Å²) in [6, 6.07) is 6.95. The maximum atomic E-state index is 8.82. The minimum Gasteiger partial charge on any atom is -0.422 e. The summed E-state index contributed by atoms with van der Waals surface area (Å²) in [6.45, 7) is 1.64. The van der Waals surface area contributed by atoms with Crippen LogP contribution in [0.25, 0.3) is 0 Å². The average Bonchev–Trinajstić information content (AvgIpc) is 2.72. The second kappa shape index (κ2) is 5.74. The van der Waals surface area contributed by atoms with Crippen LogP contribution in [-0.2, 0) is 0 Å². The fourth-order valence-corrected chi connectivity index (χ4v) is 1.80. The van der Waals surface area contributed by atoms with Gasteiger partial charge in [-0.1, -0.05) is 29.3 Å². The van der Waals surface area contributed by atoms with E-state index in [2.05, 4.69) is 15.5 Å².